The molecule has 0 spiro atoms. The zero-order valence-electron chi connectivity index (χ0n) is 14.5. The van der Waals surface area contributed by atoms with Gasteiger partial charge in [0.1, 0.15) is 0 Å². The Balaban J connectivity index is 1.42. The molecule has 0 aliphatic heterocycles. The van der Waals surface area contributed by atoms with Crippen LogP contribution in [0.4, 0.5) is 5.69 Å². The second kappa shape index (κ2) is 7.59. The molecular weight excluding hydrogens is 360 g/mol. The van der Waals surface area contributed by atoms with Crippen molar-refractivity contribution < 1.29 is 9.21 Å². The molecule has 6 nitrogen and oxygen atoms in total. The first-order chi connectivity index (χ1) is 13.2. The monoisotopic (exact) mass is 376 g/mol. The van der Waals surface area contributed by atoms with Gasteiger partial charge in [-0.15, -0.1) is 10.2 Å². The number of carbonyl (C=O) groups excluding carboxylic acids is 1. The summed E-state index contributed by atoms with van der Waals surface area (Å²) in [6, 6.07) is 17.5. The van der Waals surface area contributed by atoms with Crippen molar-refractivity contribution in [2.24, 2.45) is 0 Å². The van der Waals surface area contributed by atoms with Crippen molar-refractivity contribution in [3.63, 3.8) is 0 Å². The highest BCUT2D eigenvalue weighted by molar-refractivity contribution is 8.00. The number of pyridine rings is 1. The van der Waals surface area contributed by atoms with Crippen LogP contribution in [-0.2, 0) is 4.79 Å². The van der Waals surface area contributed by atoms with E-state index in [2.05, 4.69) is 20.5 Å². The number of thioether (sulfide) groups is 1. The highest BCUT2D eigenvalue weighted by atomic mass is 32.2. The Morgan fingerprint density at radius 2 is 1.93 bits per heavy atom. The maximum absolute atomic E-state index is 12.5. The second-order valence-electron chi connectivity index (χ2n) is 5.93. The zero-order valence-corrected chi connectivity index (χ0v) is 15.3. The van der Waals surface area contributed by atoms with Gasteiger partial charge in [0.15, 0.2) is 0 Å². The van der Waals surface area contributed by atoms with Gasteiger partial charge in [0.05, 0.1) is 10.8 Å². The molecule has 2 aromatic heterocycles. The van der Waals surface area contributed by atoms with E-state index in [4.69, 9.17) is 4.42 Å². The lowest BCUT2D eigenvalue weighted by Gasteiger charge is -2.10. The van der Waals surface area contributed by atoms with Gasteiger partial charge in [-0.1, -0.05) is 42.1 Å². The van der Waals surface area contributed by atoms with Gasteiger partial charge in [0.25, 0.3) is 5.22 Å². The zero-order chi connectivity index (χ0) is 18.6. The summed E-state index contributed by atoms with van der Waals surface area (Å²) in [5.41, 5.74) is 1.50. The number of anilines is 1. The maximum atomic E-state index is 12.5. The van der Waals surface area contributed by atoms with Gasteiger partial charge in [-0.25, -0.2) is 0 Å². The van der Waals surface area contributed by atoms with Crippen molar-refractivity contribution >= 4 is 34.1 Å². The summed E-state index contributed by atoms with van der Waals surface area (Å²) in [5, 5.41) is 13.1. The number of benzene rings is 2. The Morgan fingerprint density at radius 3 is 2.74 bits per heavy atom. The summed E-state index contributed by atoms with van der Waals surface area (Å²) in [6.45, 7) is 1.80. The number of nitrogens with zero attached hydrogens (tertiary/aromatic N) is 3. The molecule has 134 valence electrons. The Bertz CT molecular complexity index is 1080. The SMILES string of the molecule is C[C@H](Sc1nnc(-c2cccnc2)o1)C(=O)Nc1ccc2ccccc2c1. The Kier molecular flexibility index (Phi) is 4.84. The molecule has 4 aromatic rings. The molecule has 0 unspecified atom stereocenters. The summed E-state index contributed by atoms with van der Waals surface area (Å²) in [4.78, 5) is 16.5. The quantitative estimate of drug-likeness (QED) is 0.520. The lowest BCUT2D eigenvalue weighted by molar-refractivity contribution is -0.115. The number of hydrogen-bond donors (Lipinski definition) is 1. The van der Waals surface area contributed by atoms with Crippen LogP contribution >= 0.6 is 11.8 Å². The fourth-order valence-electron chi connectivity index (χ4n) is 2.58. The minimum atomic E-state index is -0.390. The summed E-state index contributed by atoms with van der Waals surface area (Å²) >= 11 is 1.22. The van der Waals surface area contributed by atoms with Crippen molar-refractivity contribution in [1.29, 1.82) is 0 Å². The Labute approximate surface area is 160 Å². The summed E-state index contributed by atoms with van der Waals surface area (Å²) in [6.07, 6.45) is 3.33. The molecular formula is C20H16N4O2S. The Morgan fingerprint density at radius 1 is 1.07 bits per heavy atom. The smallest absolute Gasteiger partial charge is 0.277 e. The van der Waals surface area contributed by atoms with E-state index in [0.29, 0.717) is 11.1 Å². The normalized spacial score (nSPS) is 12.0. The van der Waals surface area contributed by atoms with E-state index < -0.39 is 5.25 Å². The number of fused-ring (bicyclic) bond motifs is 1. The highest BCUT2D eigenvalue weighted by Gasteiger charge is 2.19. The van der Waals surface area contributed by atoms with E-state index in [1.54, 1.807) is 25.4 Å². The third-order valence-electron chi connectivity index (χ3n) is 3.98. The van der Waals surface area contributed by atoms with Crippen molar-refractivity contribution in [2.45, 2.75) is 17.4 Å². The molecule has 27 heavy (non-hydrogen) atoms. The number of hydrogen-bond acceptors (Lipinski definition) is 6. The molecule has 0 radical (unpaired) electrons. The first kappa shape index (κ1) is 17.2. The lowest BCUT2D eigenvalue weighted by atomic mass is 10.1. The molecule has 0 fully saturated rings. The summed E-state index contributed by atoms with van der Waals surface area (Å²) in [7, 11) is 0. The Hall–Kier alpha value is -3.19. The number of aromatic nitrogens is 3. The van der Waals surface area contributed by atoms with Gasteiger partial charge in [0, 0.05) is 18.1 Å². The van der Waals surface area contributed by atoms with Crippen molar-refractivity contribution in [3.8, 4) is 11.5 Å². The molecule has 0 saturated heterocycles. The first-order valence-corrected chi connectivity index (χ1v) is 9.27. The fraction of sp³-hybridized carbons (Fsp3) is 0.100. The molecule has 0 saturated carbocycles. The van der Waals surface area contributed by atoms with Crippen LogP contribution in [0.25, 0.3) is 22.2 Å². The molecule has 0 bridgehead atoms. The van der Waals surface area contributed by atoms with Crippen LogP contribution < -0.4 is 5.32 Å². The third kappa shape index (κ3) is 3.98. The molecule has 7 heteroatoms. The molecule has 0 aliphatic rings. The predicted octanol–water partition coefficient (Wildman–Crippen LogP) is 4.40. The van der Waals surface area contributed by atoms with Crippen molar-refractivity contribution in [1.82, 2.24) is 15.2 Å². The highest BCUT2D eigenvalue weighted by Crippen LogP contribution is 2.27. The number of amides is 1. The van der Waals surface area contributed by atoms with E-state index in [1.807, 2.05) is 48.5 Å². The average molecular weight is 376 g/mol. The first-order valence-electron chi connectivity index (χ1n) is 8.39. The largest absolute Gasteiger partial charge is 0.411 e. The van der Waals surface area contributed by atoms with Gasteiger partial charge in [0.2, 0.25) is 11.8 Å². The predicted molar refractivity (Wildman–Crippen MR) is 105 cm³/mol. The van der Waals surface area contributed by atoms with Crippen LogP contribution in [0.3, 0.4) is 0 Å². The summed E-state index contributed by atoms with van der Waals surface area (Å²) in [5.74, 6) is 0.254. The van der Waals surface area contributed by atoms with Gasteiger partial charge >= 0.3 is 0 Å². The van der Waals surface area contributed by atoms with Crippen molar-refractivity contribution in [3.05, 3.63) is 67.0 Å². The number of rotatable bonds is 5. The van der Waals surface area contributed by atoms with Crippen LogP contribution in [0.5, 0.6) is 0 Å². The summed E-state index contributed by atoms with van der Waals surface area (Å²) < 4.78 is 5.62. The van der Waals surface area contributed by atoms with E-state index >= 15 is 0 Å². The fourth-order valence-corrected chi connectivity index (χ4v) is 3.26. The van der Waals surface area contributed by atoms with Crippen LogP contribution in [-0.4, -0.2) is 26.3 Å². The molecule has 2 aromatic carbocycles. The number of nitrogens with one attached hydrogen (secondary N) is 1. The number of carbonyl (C=O) groups is 1. The molecule has 1 amide bonds. The van der Waals surface area contributed by atoms with Gasteiger partial charge in [-0.2, -0.15) is 0 Å². The minimum absolute atomic E-state index is 0.128. The standard InChI is InChI=1S/C20H16N4O2S/c1-13(27-20-24-23-19(26-20)16-7-4-10-21-12-16)18(25)22-17-9-8-14-5-2-3-6-15(14)11-17/h2-13H,1H3,(H,22,25)/t13-/m0/s1. The van der Waals surface area contributed by atoms with Gasteiger partial charge < -0.3 is 9.73 Å². The topological polar surface area (TPSA) is 80.9 Å². The van der Waals surface area contributed by atoms with Crippen molar-refractivity contribution in [2.75, 3.05) is 5.32 Å². The molecule has 0 aliphatic carbocycles. The molecule has 1 atom stereocenters. The lowest BCUT2D eigenvalue weighted by Crippen LogP contribution is -2.22. The van der Waals surface area contributed by atoms with Crippen LogP contribution in [0.2, 0.25) is 0 Å². The third-order valence-corrected chi connectivity index (χ3v) is 4.91. The van der Waals surface area contributed by atoms with Gasteiger partial charge in [-0.3, -0.25) is 9.78 Å². The minimum Gasteiger partial charge on any atom is -0.411 e. The molecule has 2 heterocycles. The van der Waals surface area contributed by atoms with Crippen LogP contribution in [0.15, 0.2) is 76.6 Å². The second-order valence-corrected chi connectivity index (χ2v) is 7.22. The molecule has 1 N–H and O–H groups in total. The van der Waals surface area contributed by atoms with Crippen LogP contribution in [0, 0.1) is 0 Å². The van der Waals surface area contributed by atoms with E-state index in [9.17, 15) is 4.79 Å². The van der Waals surface area contributed by atoms with E-state index in [0.717, 1.165) is 22.0 Å². The average Bonchev–Trinajstić information content (AvgIpc) is 3.17. The maximum Gasteiger partial charge on any atom is 0.277 e. The molecule has 4 rings (SSSR count). The van der Waals surface area contributed by atoms with Crippen LogP contribution in [0.1, 0.15) is 6.92 Å². The van der Waals surface area contributed by atoms with E-state index in [1.165, 1.54) is 11.8 Å². The van der Waals surface area contributed by atoms with E-state index in [-0.39, 0.29) is 5.91 Å². The van der Waals surface area contributed by atoms with Gasteiger partial charge in [-0.05, 0) is 42.0 Å².